The molecule has 0 bridgehead atoms. The molecule has 1 nitrogen and oxygen atoms in total. The van der Waals surface area contributed by atoms with Crippen LogP contribution in [0.4, 0.5) is 17.1 Å². The minimum absolute atomic E-state index is 0.105. The maximum Gasteiger partial charge on any atom is 0.0645 e. The second-order valence-corrected chi connectivity index (χ2v) is 14.9. The van der Waals surface area contributed by atoms with Crippen LogP contribution in [0.3, 0.4) is 0 Å². The molecule has 0 heterocycles. The number of benzene rings is 11. The molecule has 11 aromatic carbocycles. The van der Waals surface area contributed by atoms with E-state index in [9.17, 15) is 5.48 Å². The highest BCUT2D eigenvalue weighted by atomic mass is 15.1. The van der Waals surface area contributed by atoms with Crippen molar-refractivity contribution in [1.29, 1.82) is 0 Å². The molecule has 276 valence electrons. The van der Waals surface area contributed by atoms with Gasteiger partial charge >= 0.3 is 0 Å². The summed E-state index contributed by atoms with van der Waals surface area (Å²) in [4.78, 5) is 1.91. The van der Waals surface area contributed by atoms with Gasteiger partial charge in [-0.3, -0.25) is 0 Å². The van der Waals surface area contributed by atoms with Crippen molar-refractivity contribution in [3.8, 4) is 44.5 Å². The Morgan fingerprint density at radius 2 is 0.814 bits per heavy atom. The molecule has 0 saturated carbocycles. The van der Waals surface area contributed by atoms with E-state index < -0.39 is 0 Å². The highest BCUT2D eigenvalue weighted by molar-refractivity contribution is 6.22. The zero-order chi connectivity index (χ0) is 42.6. The molecule has 0 amide bonds. The highest BCUT2D eigenvalue weighted by Gasteiger charge is 2.20. The molecule has 59 heavy (non-hydrogen) atoms. The molecule has 0 aromatic heterocycles. The predicted octanol–water partition coefficient (Wildman–Crippen LogP) is 16.4. The number of anilines is 3. The quantitative estimate of drug-likeness (QED) is 0.147. The first-order chi connectivity index (χ1) is 31.0. The fourth-order valence-electron chi connectivity index (χ4n) is 8.80. The van der Waals surface area contributed by atoms with Gasteiger partial charge in [-0.25, -0.2) is 0 Å². The van der Waals surface area contributed by atoms with E-state index in [0.29, 0.717) is 5.56 Å². The first-order valence-corrected chi connectivity index (χ1v) is 20.0. The van der Waals surface area contributed by atoms with Crippen molar-refractivity contribution in [1.82, 2.24) is 0 Å². The molecule has 0 spiro atoms. The summed E-state index contributed by atoms with van der Waals surface area (Å²) in [5, 5.41) is 8.45. The van der Waals surface area contributed by atoms with E-state index in [0.717, 1.165) is 87.8 Å². The van der Waals surface area contributed by atoms with Gasteiger partial charge < -0.3 is 4.90 Å². The Morgan fingerprint density at radius 3 is 1.54 bits per heavy atom. The molecular formula is C58H39N. The van der Waals surface area contributed by atoms with E-state index in [4.69, 9.17) is 0 Å². The summed E-state index contributed by atoms with van der Waals surface area (Å²) in [6.07, 6.45) is 0. The van der Waals surface area contributed by atoms with E-state index in [-0.39, 0.29) is 35.4 Å². The van der Waals surface area contributed by atoms with Crippen molar-refractivity contribution in [2.45, 2.75) is 0 Å². The van der Waals surface area contributed by atoms with Gasteiger partial charge in [0.15, 0.2) is 0 Å². The second-order valence-electron chi connectivity index (χ2n) is 14.9. The van der Waals surface area contributed by atoms with Gasteiger partial charge in [-0.1, -0.05) is 200 Å². The van der Waals surface area contributed by atoms with E-state index in [1.165, 1.54) is 0 Å². The number of rotatable bonds is 7. The summed E-state index contributed by atoms with van der Waals surface area (Å²) in [5.41, 5.74) is 8.89. The van der Waals surface area contributed by atoms with Crippen LogP contribution in [-0.4, -0.2) is 0 Å². The third-order valence-corrected chi connectivity index (χ3v) is 11.5. The second kappa shape index (κ2) is 14.6. The van der Waals surface area contributed by atoms with Crippen molar-refractivity contribution in [3.63, 3.8) is 0 Å². The van der Waals surface area contributed by atoms with Crippen LogP contribution in [0.2, 0.25) is 0 Å². The standard InChI is InChI=1S/C58H39N/c1-3-18-43(19-4-1)57-54-29-12-11-28-52(54)53-37-34-45(39-55(53)58(57)44-20-5-2-6-21-44)40-32-35-47(36-33-40)59(56-31-15-23-42-17-8-10-27-51(42)56)48-25-13-24-46(38-48)50-30-14-22-41-16-7-9-26-49(41)50/h1-39H/i32D,33D,35D,36D. The van der Waals surface area contributed by atoms with E-state index in [2.05, 4.69) is 140 Å². The number of nitrogens with zero attached hydrogens (tertiary/aromatic N) is 1. The number of hydrogen-bond acceptors (Lipinski definition) is 1. The molecule has 0 aliphatic carbocycles. The van der Waals surface area contributed by atoms with Crippen molar-refractivity contribution in [2.24, 2.45) is 0 Å². The summed E-state index contributed by atoms with van der Waals surface area (Å²) in [5.74, 6) is 0. The first-order valence-electron chi connectivity index (χ1n) is 22.0. The average molecular weight is 754 g/mol. The largest absolute Gasteiger partial charge is 0.310 e. The van der Waals surface area contributed by atoms with E-state index >= 15 is 0 Å². The van der Waals surface area contributed by atoms with Gasteiger partial charge in [0.1, 0.15) is 0 Å². The monoisotopic (exact) mass is 753 g/mol. The molecule has 11 rings (SSSR count). The lowest BCUT2D eigenvalue weighted by atomic mass is 9.84. The SMILES string of the molecule is [2H]c1c([2H])c(N(c2cccc(-c3cccc4ccccc34)c2)c2cccc3ccccc23)c([2H])c([2H])c1-c1ccc2c(c1)c(-c1ccccc1)c(-c1ccccc1)c1ccccc12. The van der Waals surface area contributed by atoms with Crippen LogP contribution < -0.4 is 4.90 Å². The molecule has 1 heteroatoms. The highest BCUT2D eigenvalue weighted by Crippen LogP contribution is 2.46. The van der Waals surface area contributed by atoms with Crippen LogP contribution in [0, 0.1) is 0 Å². The van der Waals surface area contributed by atoms with Gasteiger partial charge in [-0.05, 0) is 119 Å². The van der Waals surface area contributed by atoms with Crippen LogP contribution in [0.15, 0.2) is 236 Å². The lowest BCUT2D eigenvalue weighted by Gasteiger charge is -2.27. The Morgan fingerprint density at radius 1 is 0.288 bits per heavy atom. The number of hydrogen-bond donors (Lipinski definition) is 0. The third kappa shape index (κ3) is 6.12. The van der Waals surface area contributed by atoms with E-state index in [1.807, 2.05) is 77.7 Å². The first kappa shape index (κ1) is 30.4. The third-order valence-electron chi connectivity index (χ3n) is 11.5. The van der Waals surface area contributed by atoms with Gasteiger partial charge in [0, 0.05) is 16.8 Å². The van der Waals surface area contributed by atoms with Gasteiger partial charge in [0.25, 0.3) is 0 Å². The molecular weight excluding hydrogens is 711 g/mol. The van der Waals surface area contributed by atoms with Crippen LogP contribution in [0.1, 0.15) is 5.48 Å². The van der Waals surface area contributed by atoms with Gasteiger partial charge in [0.2, 0.25) is 0 Å². The molecule has 0 saturated heterocycles. The van der Waals surface area contributed by atoms with Crippen molar-refractivity contribution in [3.05, 3.63) is 236 Å². The molecule has 0 unspecified atom stereocenters. The molecule has 0 aliphatic heterocycles. The topological polar surface area (TPSA) is 3.24 Å². The lowest BCUT2D eigenvalue weighted by molar-refractivity contribution is 1.30. The summed E-state index contributed by atoms with van der Waals surface area (Å²) in [6.45, 7) is 0. The normalized spacial score (nSPS) is 12.3. The minimum Gasteiger partial charge on any atom is -0.310 e. The fourth-order valence-corrected chi connectivity index (χ4v) is 8.80. The van der Waals surface area contributed by atoms with E-state index in [1.54, 1.807) is 0 Å². The predicted molar refractivity (Wildman–Crippen MR) is 253 cm³/mol. The zero-order valence-corrected chi connectivity index (χ0v) is 32.2. The molecule has 0 fully saturated rings. The average Bonchev–Trinajstić information content (AvgIpc) is 3.34. The molecule has 0 aliphatic rings. The lowest BCUT2D eigenvalue weighted by Crippen LogP contribution is -2.10. The molecule has 0 atom stereocenters. The fraction of sp³-hybridized carbons (Fsp3) is 0. The maximum absolute atomic E-state index is 9.85. The molecule has 0 N–H and O–H groups in total. The smallest absolute Gasteiger partial charge is 0.0645 e. The van der Waals surface area contributed by atoms with Crippen LogP contribution in [0.5, 0.6) is 0 Å². The summed E-state index contributed by atoms with van der Waals surface area (Å²) >= 11 is 0. The van der Waals surface area contributed by atoms with Crippen molar-refractivity contribution < 1.29 is 5.48 Å². The number of fused-ring (bicyclic) bond motifs is 5. The van der Waals surface area contributed by atoms with Crippen LogP contribution >= 0.6 is 0 Å². The van der Waals surface area contributed by atoms with Gasteiger partial charge in [0.05, 0.1) is 11.2 Å². The summed E-state index contributed by atoms with van der Waals surface area (Å²) in [6, 6.07) is 71.8. The Kier molecular flexibility index (Phi) is 7.55. The summed E-state index contributed by atoms with van der Waals surface area (Å²) in [7, 11) is 0. The van der Waals surface area contributed by atoms with Gasteiger partial charge in [-0.15, -0.1) is 0 Å². The Labute approximate surface area is 350 Å². The van der Waals surface area contributed by atoms with Crippen molar-refractivity contribution >= 4 is 60.2 Å². The Bertz CT molecular complexity index is 3530. The Balaban J connectivity index is 1.16. The molecule has 0 radical (unpaired) electrons. The van der Waals surface area contributed by atoms with Crippen LogP contribution in [0.25, 0.3) is 87.6 Å². The summed E-state index contributed by atoms with van der Waals surface area (Å²) < 4.78 is 39.2. The van der Waals surface area contributed by atoms with Crippen molar-refractivity contribution in [2.75, 3.05) is 4.90 Å². The Hall–Kier alpha value is -7.74. The maximum atomic E-state index is 9.85. The molecule has 11 aromatic rings. The minimum atomic E-state index is -0.124. The zero-order valence-electron chi connectivity index (χ0n) is 36.2. The van der Waals surface area contributed by atoms with Crippen LogP contribution in [-0.2, 0) is 0 Å². The van der Waals surface area contributed by atoms with Gasteiger partial charge in [-0.2, -0.15) is 0 Å².